The molecule has 1 aliphatic rings. The topological polar surface area (TPSA) is 92.4 Å². The lowest BCUT2D eigenvalue weighted by molar-refractivity contribution is 0.0951. The number of carbonyl (C=O) groups excluding carboxylic acids is 2. The van der Waals surface area contributed by atoms with Crippen molar-refractivity contribution in [2.45, 2.75) is 38.8 Å². The Balaban J connectivity index is 1.70. The number of nitrogens with zero attached hydrogens (tertiary/aromatic N) is 1. The van der Waals surface area contributed by atoms with Gasteiger partial charge in [-0.1, -0.05) is 6.07 Å². The van der Waals surface area contributed by atoms with Crippen molar-refractivity contribution in [1.29, 1.82) is 0 Å². The van der Waals surface area contributed by atoms with Gasteiger partial charge in [-0.3, -0.25) is 9.78 Å². The molecule has 27 heavy (non-hydrogen) atoms. The van der Waals surface area contributed by atoms with Crippen molar-refractivity contribution in [3.8, 4) is 5.75 Å². The summed E-state index contributed by atoms with van der Waals surface area (Å²) >= 11 is 0. The van der Waals surface area contributed by atoms with Crippen molar-refractivity contribution in [3.63, 3.8) is 0 Å². The van der Waals surface area contributed by atoms with E-state index in [1.54, 1.807) is 24.4 Å². The van der Waals surface area contributed by atoms with Gasteiger partial charge in [0.1, 0.15) is 5.75 Å². The molecule has 0 spiro atoms. The first kappa shape index (κ1) is 18.7. The number of nitrogens with one attached hydrogen (secondary N) is 3. The number of anilines is 1. The minimum absolute atomic E-state index is 0.152. The van der Waals surface area contributed by atoms with Crippen LogP contribution in [0.25, 0.3) is 0 Å². The lowest BCUT2D eigenvalue weighted by atomic mass is 10.1. The molecule has 3 N–H and O–H groups in total. The average molecular weight is 368 g/mol. The van der Waals surface area contributed by atoms with E-state index >= 15 is 0 Å². The zero-order valence-corrected chi connectivity index (χ0v) is 15.7. The third-order valence-electron chi connectivity index (χ3n) is 4.43. The normalized spacial score (nSPS) is 14.2. The number of amides is 3. The molecule has 142 valence electrons. The molecular formula is C20H24N4O3. The Morgan fingerprint density at radius 3 is 2.70 bits per heavy atom. The van der Waals surface area contributed by atoms with E-state index in [1.807, 2.05) is 26.0 Å². The summed E-state index contributed by atoms with van der Waals surface area (Å²) in [5, 5.41) is 8.55. The molecule has 7 heteroatoms. The molecule has 1 aromatic heterocycles. The first-order valence-corrected chi connectivity index (χ1v) is 8.96. The molecule has 3 rings (SSSR count). The van der Waals surface area contributed by atoms with Gasteiger partial charge in [-0.2, -0.15) is 0 Å². The van der Waals surface area contributed by atoms with Crippen molar-refractivity contribution in [2.24, 2.45) is 0 Å². The Morgan fingerprint density at radius 2 is 2.04 bits per heavy atom. The number of pyridine rings is 1. The number of aryl methyl sites for hydroxylation is 1. The van der Waals surface area contributed by atoms with Gasteiger partial charge in [0.2, 0.25) is 0 Å². The second-order valence-corrected chi connectivity index (χ2v) is 6.69. The van der Waals surface area contributed by atoms with Gasteiger partial charge in [0.15, 0.2) is 0 Å². The molecule has 0 radical (unpaired) electrons. The van der Waals surface area contributed by atoms with Crippen LogP contribution in [0.2, 0.25) is 0 Å². The zero-order valence-electron chi connectivity index (χ0n) is 15.7. The number of methoxy groups -OCH3 is 1. The SMILES string of the molecule is COc1ccc(C(=O)NC2CC2)cc1NC(=O)N[C@@H](C)c1ncccc1C. The third-order valence-corrected chi connectivity index (χ3v) is 4.43. The number of carbonyl (C=O) groups is 2. The van der Waals surface area contributed by atoms with E-state index in [9.17, 15) is 9.59 Å². The highest BCUT2D eigenvalue weighted by Crippen LogP contribution is 2.27. The highest BCUT2D eigenvalue weighted by atomic mass is 16.5. The molecule has 0 bridgehead atoms. The Kier molecular flexibility index (Phi) is 5.59. The summed E-state index contributed by atoms with van der Waals surface area (Å²) in [6.45, 7) is 3.81. The molecule has 0 saturated heterocycles. The zero-order chi connectivity index (χ0) is 19.4. The van der Waals surface area contributed by atoms with E-state index < -0.39 is 6.03 Å². The maximum Gasteiger partial charge on any atom is 0.319 e. The fourth-order valence-corrected chi connectivity index (χ4v) is 2.82. The number of rotatable bonds is 6. The summed E-state index contributed by atoms with van der Waals surface area (Å²) in [6.07, 6.45) is 3.73. The Hall–Kier alpha value is -3.09. The number of hydrogen-bond donors (Lipinski definition) is 3. The Morgan fingerprint density at radius 1 is 1.26 bits per heavy atom. The maximum atomic E-state index is 12.4. The molecule has 0 aliphatic heterocycles. The van der Waals surface area contributed by atoms with E-state index in [-0.39, 0.29) is 18.0 Å². The highest BCUT2D eigenvalue weighted by molar-refractivity contribution is 5.98. The largest absolute Gasteiger partial charge is 0.495 e. The predicted octanol–water partition coefficient (Wildman–Crippen LogP) is 3.17. The third kappa shape index (κ3) is 4.75. The quantitative estimate of drug-likeness (QED) is 0.730. The molecule has 1 aliphatic carbocycles. The molecule has 1 saturated carbocycles. The van der Waals surface area contributed by atoms with Crippen molar-refractivity contribution >= 4 is 17.6 Å². The monoisotopic (exact) mass is 368 g/mol. The van der Waals surface area contributed by atoms with E-state index in [0.29, 0.717) is 17.0 Å². The van der Waals surface area contributed by atoms with Crippen LogP contribution in [0.1, 0.15) is 47.4 Å². The lowest BCUT2D eigenvalue weighted by Gasteiger charge is -2.17. The van der Waals surface area contributed by atoms with Crippen molar-refractivity contribution in [3.05, 3.63) is 53.3 Å². The second kappa shape index (κ2) is 8.07. The number of aromatic nitrogens is 1. The van der Waals surface area contributed by atoms with E-state index in [1.165, 1.54) is 7.11 Å². The molecule has 2 aromatic rings. The first-order valence-electron chi connectivity index (χ1n) is 8.96. The van der Waals surface area contributed by atoms with Crippen LogP contribution in [0.5, 0.6) is 5.75 Å². The van der Waals surface area contributed by atoms with Gasteiger partial charge in [0, 0.05) is 17.8 Å². The maximum absolute atomic E-state index is 12.4. The summed E-state index contributed by atoms with van der Waals surface area (Å²) in [5.74, 6) is 0.330. The lowest BCUT2D eigenvalue weighted by Crippen LogP contribution is -2.32. The molecule has 1 fully saturated rings. The highest BCUT2D eigenvalue weighted by Gasteiger charge is 2.24. The smallest absolute Gasteiger partial charge is 0.319 e. The number of urea groups is 1. The van der Waals surface area contributed by atoms with Gasteiger partial charge < -0.3 is 20.7 Å². The first-order chi connectivity index (χ1) is 13.0. The van der Waals surface area contributed by atoms with Crippen LogP contribution in [0, 0.1) is 6.92 Å². The van der Waals surface area contributed by atoms with Gasteiger partial charge in [0.05, 0.1) is 24.5 Å². The molecule has 1 atom stereocenters. The predicted molar refractivity (Wildman–Crippen MR) is 103 cm³/mol. The fraction of sp³-hybridized carbons (Fsp3) is 0.350. The number of ether oxygens (including phenoxy) is 1. The van der Waals surface area contributed by atoms with Crippen LogP contribution in [0.15, 0.2) is 36.5 Å². The Bertz CT molecular complexity index is 849. The van der Waals surface area contributed by atoms with Crippen LogP contribution < -0.4 is 20.7 Å². The van der Waals surface area contributed by atoms with E-state index in [4.69, 9.17) is 4.74 Å². The van der Waals surface area contributed by atoms with Crippen molar-refractivity contribution < 1.29 is 14.3 Å². The average Bonchev–Trinajstić information content (AvgIpc) is 3.45. The molecular weight excluding hydrogens is 344 g/mol. The van der Waals surface area contributed by atoms with E-state index in [0.717, 1.165) is 24.1 Å². The second-order valence-electron chi connectivity index (χ2n) is 6.69. The van der Waals surface area contributed by atoms with Crippen molar-refractivity contribution in [2.75, 3.05) is 12.4 Å². The van der Waals surface area contributed by atoms with Gasteiger partial charge in [-0.25, -0.2) is 4.79 Å². The van der Waals surface area contributed by atoms with Gasteiger partial charge >= 0.3 is 6.03 Å². The van der Waals surface area contributed by atoms with Gasteiger partial charge in [-0.05, 0) is 56.5 Å². The Labute approximate surface area is 158 Å². The van der Waals surface area contributed by atoms with Crippen LogP contribution >= 0.6 is 0 Å². The van der Waals surface area contributed by atoms with Gasteiger partial charge in [-0.15, -0.1) is 0 Å². The standard InChI is InChI=1S/C20H24N4O3/c1-12-5-4-10-21-18(12)13(2)22-20(26)24-16-11-14(6-9-17(16)27-3)19(25)23-15-7-8-15/h4-6,9-11,13,15H,7-8H2,1-3H3,(H,23,25)(H2,22,24,26)/t13-/m0/s1. The number of benzene rings is 1. The van der Waals surface area contributed by atoms with Crippen LogP contribution in [-0.2, 0) is 0 Å². The summed E-state index contributed by atoms with van der Waals surface area (Å²) in [4.78, 5) is 29.0. The molecule has 7 nitrogen and oxygen atoms in total. The molecule has 1 aromatic carbocycles. The summed E-state index contributed by atoms with van der Waals surface area (Å²) in [7, 11) is 1.52. The molecule has 0 unspecified atom stereocenters. The molecule has 3 amide bonds. The van der Waals surface area contributed by atoms with Crippen molar-refractivity contribution in [1.82, 2.24) is 15.6 Å². The fourth-order valence-electron chi connectivity index (χ4n) is 2.82. The van der Waals surface area contributed by atoms with Gasteiger partial charge in [0.25, 0.3) is 5.91 Å². The van der Waals surface area contributed by atoms with Crippen LogP contribution in [0.3, 0.4) is 0 Å². The van der Waals surface area contributed by atoms with Crippen LogP contribution in [0.4, 0.5) is 10.5 Å². The minimum Gasteiger partial charge on any atom is -0.495 e. The van der Waals surface area contributed by atoms with E-state index in [2.05, 4.69) is 20.9 Å². The number of hydrogen-bond acceptors (Lipinski definition) is 4. The van der Waals surface area contributed by atoms with Crippen LogP contribution in [-0.4, -0.2) is 30.1 Å². The minimum atomic E-state index is -0.398. The molecule has 1 heterocycles. The summed E-state index contributed by atoms with van der Waals surface area (Å²) in [5.41, 5.74) is 2.72. The summed E-state index contributed by atoms with van der Waals surface area (Å²) in [6, 6.07) is 8.37. The summed E-state index contributed by atoms with van der Waals surface area (Å²) < 4.78 is 5.30.